The van der Waals surface area contributed by atoms with E-state index in [0.29, 0.717) is 0 Å². The van der Waals surface area contributed by atoms with Crippen LogP contribution >= 0.6 is 0 Å². The molecule has 36 heavy (non-hydrogen) atoms. The van der Waals surface area contributed by atoms with Gasteiger partial charge in [0.25, 0.3) is 0 Å². The molecule has 0 aliphatic heterocycles. The van der Waals surface area contributed by atoms with E-state index in [0.717, 1.165) is 25.7 Å². The van der Waals surface area contributed by atoms with E-state index < -0.39 is 0 Å². The van der Waals surface area contributed by atoms with Gasteiger partial charge in [0.1, 0.15) is 0 Å². The summed E-state index contributed by atoms with van der Waals surface area (Å²) in [7, 11) is 0. The largest absolute Gasteiger partial charge is 0.314 e. The van der Waals surface area contributed by atoms with Crippen molar-refractivity contribution in [1.29, 1.82) is 0 Å². The Labute approximate surface area is 218 Å². The molecule has 0 aromatic heterocycles. The summed E-state index contributed by atoms with van der Waals surface area (Å²) < 4.78 is 0. The fraction of sp³-hybridized carbons (Fsp3) is 0.257. The first-order valence-electron chi connectivity index (χ1n) is 13.4. The molecular formula is C35H39N. The summed E-state index contributed by atoms with van der Waals surface area (Å²) in [6.07, 6.45) is 4.17. The molecule has 0 N–H and O–H groups in total. The molecule has 0 unspecified atom stereocenters. The Morgan fingerprint density at radius 2 is 0.722 bits per heavy atom. The molecule has 0 radical (unpaired) electrons. The fourth-order valence-corrected chi connectivity index (χ4v) is 4.81. The highest BCUT2D eigenvalue weighted by Gasteiger charge is 2.18. The highest BCUT2D eigenvalue weighted by molar-refractivity contribution is 5.87. The lowest BCUT2D eigenvalue weighted by atomic mass is 9.93. The monoisotopic (exact) mass is 473 g/mol. The summed E-state index contributed by atoms with van der Waals surface area (Å²) in [6, 6.07) is 36.2. The van der Waals surface area contributed by atoms with Crippen LogP contribution in [0.4, 0.5) is 11.4 Å². The standard InChI is InChI=1S/C35H39N/c1-6-27-10-18-31(19-11-27)35(32-20-12-28(7-2)13-21-32)26(5)36(33-22-14-29(8-3)15-23-33)34-24-16-30(9-4)17-25-34/h10-25H,6-9H2,1-5H3. The Morgan fingerprint density at radius 1 is 0.444 bits per heavy atom. The number of anilines is 2. The van der Waals surface area contributed by atoms with Crippen LogP contribution in [0.2, 0.25) is 0 Å². The summed E-state index contributed by atoms with van der Waals surface area (Å²) in [6.45, 7) is 11.1. The SMILES string of the molecule is CCc1ccc(C(=C(C)N(c2ccc(CC)cc2)c2ccc(CC)cc2)c2ccc(CC)cc2)cc1. The molecule has 0 saturated carbocycles. The number of allylic oxidation sites excluding steroid dienone is 1. The Bertz CT molecular complexity index is 1180. The van der Waals surface area contributed by atoms with Gasteiger partial charge in [-0.15, -0.1) is 0 Å². The number of nitrogens with zero attached hydrogens (tertiary/aromatic N) is 1. The predicted molar refractivity (Wildman–Crippen MR) is 157 cm³/mol. The maximum absolute atomic E-state index is 2.41. The zero-order valence-corrected chi connectivity index (χ0v) is 22.5. The third kappa shape index (κ3) is 5.62. The van der Waals surface area contributed by atoms with E-state index in [9.17, 15) is 0 Å². The van der Waals surface area contributed by atoms with Crippen molar-refractivity contribution in [2.45, 2.75) is 60.3 Å². The van der Waals surface area contributed by atoms with Gasteiger partial charge in [-0.1, -0.05) is 100 Å². The van der Waals surface area contributed by atoms with Crippen LogP contribution < -0.4 is 4.90 Å². The van der Waals surface area contributed by atoms with Crippen LogP contribution in [0.25, 0.3) is 5.57 Å². The van der Waals surface area contributed by atoms with E-state index in [1.807, 2.05) is 0 Å². The molecule has 1 heteroatoms. The van der Waals surface area contributed by atoms with E-state index in [-0.39, 0.29) is 0 Å². The zero-order chi connectivity index (χ0) is 25.5. The smallest absolute Gasteiger partial charge is 0.0458 e. The maximum Gasteiger partial charge on any atom is 0.0458 e. The summed E-state index contributed by atoms with van der Waals surface area (Å²) in [5, 5.41) is 0. The minimum absolute atomic E-state index is 1.04. The summed E-state index contributed by atoms with van der Waals surface area (Å²) in [4.78, 5) is 2.41. The van der Waals surface area contributed by atoms with Gasteiger partial charge in [-0.2, -0.15) is 0 Å². The normalized spacial score (nSPS) is 10.8. The van der Waals surface area contributed by atoms with Crippen molar-refractivity contribution in [3.63, 3.8) is 0 Å². The molecule has 4 aromatic rings. The van der Waals surface area contributed by atoms with Crippen molar-refractivity contribution in [2.75, 3.05) is 4.90 Å². The second-order valence-electron chi connectivity index (χ2n) is 9.44. The molecule has 0 saturated heterocycles. The van der Waals surface area contributed by atoms with Crippen molar-refractivity contribution < 1.29 is 0 Å². The van der Waals surface area contributed by atoms with Crippen LogP contribution in [-0.4, -0.2) is 0 Å². The van der Waals surface area contributed by atoms with Crippen LogP contribution in [0, 0.1) is 0 Å². The second kappa shape index (κ2) is 11.9. The molecule has 0 amide bonds. The van der Waals surface area contributed by atoms with E-state index in [1.165, 1.54) is 56.0 Å². The summed E-state index contributed by atoms with van der Waals surface area (Å²) in [5.41, 5.74) is 12.8. The lowest BCUT2D eigenvalue weighted by Crippen LogP contribution is -2.17. The van der Waals surface area contributed by atoms with Gasteiger partial charge < -0.3 is 4.90 Å². The fourth-order valence-electron chi connectivity index (χ4n) is 4.81. The third-order valence-corrected chi connectivity index (χ3v) is 7.20. The van der Waals surface area contributed by atoms with Crippen molar-refractivity contribution in [1.82, 2.24) is 0 Å². The quantitative estimate of drug-likeness (QED) is 0.234. The molecular weight excluding hydrogens is 434 g/mol. The van der Waals surface area contributed by atoms with E-state index in [2.05, 4.69) is 137 Å². The van der Waals surface area contributed by atoms with E-state index in [1.54, 1.807) is 0 Å². The Hall–Kier alpha value is -3.58. The molecule has 0 spiro atoms. The number of hydrogen-bond acceptors (Lipinski definition) is 1. The van der Waals surface area contributed by atoms with E-state index in [4.69, 9.17) is 0 Å². The predicted octanol–water partition coefficient (Wildman–Crippen LogP) is 9.55. The van der Waals surface area contributed by atoms with Gasteiger partial charge in [0.15, 0.2) is 0 Å². The number of aryl methyl sites for hydroxylation is 4. The van der Waals surface area contributed by atoms with Gasteiger partial charge in [-0.3, -0.25) is 0 Å². The van der Waals surface area contributed by atoms with Crippen molar-refractivity contribution in [3.05, 3.63) is 136 Å². The number of benzene rings is 4. The van der Waals surface area contributed by atoms with Gasteiger partial charge in [0.2, 0.25) is 0 Å². The first kappa shape index (κ1) is 25.5. The average Bonchev–Trinajstić information content (AvgIpc) is 2.95. The Morgan fingerprint density at radius 3 is 1.00 bits per heavy atom. The van der Waals surface area contributed by atoms with Gasteiger partial charge in [0, 0.05) is 22.6 Å². The Balaban J connectivity index is 1.95. The zero-order valence-electron chi connectivity index (χ0n) is 22.5. The lowest BCUT2D eigenvalue weighted by Gasteiger charge is -2.29. The molecule has 0 fully saturated rings. The van der Waals surface area contributed by atoms with Crippen molar-refractivity contribution >= 4 is 16.9 Å². The number of hydrogen-bond donors (Lipinski definition) is 0. The molecule has 0 aliphatic carbocycles. The van der Waals surface area contributed by atoms with Crippen LogP contribution in [0.15, 0.2) is 103 Å². The molecule has 0 heterocycles. The van der Waals surface area contributed by atoms with Crippen LogP contribution in [-0.2, 0) is 25.7 Å². The van der Waals surface area contributed by atoms with Gasteiger partial charge in [-0.05, 0) is 90.3 Å². The maximum atomic E-state index is 2.41. The van der Waals surface area contributed by atoms with E-state index >= 15 is 0 Å². The average molecular weight is 474 g/mol. The molecule has 184 valence electrons. The highest BCUT2D eigenvalue weighted by atomic mass is 15.1. The molecule has 0 atom stereocenters. The summed E-state index contributed by atoms with van der Waals surface area (Å²) in [5.74, 6) is 0. The molecule has 4 aromatic carbocycles. The Kier molecular flexibility index (Phi) is 8.44. The van der Waals surface area contributed by atoms with Gasteiger partial charge in [0.05, 0.1) is 0 Å². The van der Waals surface area contributed by atoms with Crippen LogP contribution in [0.1, 0.15) is 68.0 Å². The lowest BCUT2D eigenvalue weighted by molar-refractivity contribution is 1.11. The first-order chi connectivity index (χ1) is 17.6. The summed E-state index contributed by atoms with van der Waals surface area (Å²) >= 11 is 0. The van der Waals surface area contributed by atoms with Gasteiger partial charge >= 0.3 is 0 Å². The minimum Gasteiger partial charge on any atom is -0.314 e. The van der Waals surface area contributed by atoms with Gasteiger partial charge in [-0.25, -0.2) is 0 Å². The highest BCUT2D eigenvalue weighted by Crippen LogP contribution is 2.37. The first-order valence-corrected chi connectivity index (χ1v) is 13.4. The van der Waals surface area contributed by atoms with Crippen LogP contribution in [0.3, 0.4) is 0 Å². The molecule has 1 nitrogen and oxygen atoms in total. The van der Waals surface area contributed by atoms with Crippen molar-refractivity contribution in [2.24, 2.45) is 0 Å². The number of rotatable bonds is 9. The third-order valence-electron chi connectivity index (χ3n) is 7.20. The molecule has 0 aliphatic rings. The molecule has 0 bridgehead atoms. The van der Waals surface area contributed by atoms with Crippen LogP contribution in [0.5, 0.6) is 0 Å². The topological polar surface area (TPSA) is 3.24 Å². The molecule has 4 rings (SSSR count). The second-order valence-corrected chi connectivity index (χ2v) is 9.44. The minimum atomic E-state index is 1.04. The van der Waals surface area contributed by atoms with Crippen molar-refractivity contribution in [3.8, 4) is 0 Å².